The molecule has 102 valence electrons. The maximum Gasteiger partial charge on any atom is 0.188 e. The van der Waals surface area contributed by atoms with E-state index in [0.29, 0.717) is 5.69 Å². The number of allylic oxidation sites excluding steroid dienone is 1. The van der Waals surface area contributed by atoms with Gasteiger partial charge in [0.15, 0.2) is 5.78 Å². The fourth-order valence-corrected chi connectivity index (χ4v) is 1.80. The summed E-state index contributed by atoms with van der Waals surface area (Å²) < 4.78 is 13.5. The van der Waals surface area contributed by atoms with E-state index in [1.807, 2.05) is 20.8 Å². The number of ketones is 1. The zero-order valence-corrected chi connectivity index (χ0v) is 11.6. The van der Waals surface area contributed by atoms with Crippen LogP contribution in [-0.4, -0.2) is 15.8 Å². The Morgan fingerprint density at radius 1 is 1.05 bits per heavy atom. The first-order chi connectivity index (χ1) is 9.49. The highest BCUT2D eigenvalue weighted by atomic mass is 19.1. The summed E-state index contributed by atoms with van der Waals surface area (Å²) in [5, 5.41) is 0. The van der Waals surface area contributed by atoms with Crippen molar-refractivity contribution >= 4 is 11.9 Å². The third-order valence-electron chi connectivity index (χ3n) is 3.05. The summed E-state index contributed by atoms with van der Waals surface area (Å²) in [4.78, 5) is 20.6. The standard InChI is InChI=1S/C16H15FN2O/c1-10-11(2)19-15(12(3)18-10)8-9-16(20)13-6-4-5-7-14(13)17/h4-9H,1-3H3/b9-8+. The van der Waals surface area contributed by atoms with E-state index >= 15 is 0 Å². The molecular weight excluding hydrogens is 255 g/mol. The highest BCUT2D eigenvalue weighted by Crippen LogP contribution is 2.11. The lowest BCUT2D eigenvalue weighted by molar-refractivity contribution is 0.104. The van der Waals surface area contributed by atoms with E-state index in [1.165, 1.54) is 18.2 Å². The van der Waals surface area contributed by atoms with E-state index in [4.69, 9.17) is 0 Å². The molecule has 0 radical (unpaired) electrons. The second-order valence-electron chi connectivity index (χ2n) is 4.54. The van der Waals surface area contributed by atoms with Crippen molar-refractivity contribution in [1.29, 1.82) is 0 Å². The summed E-state index contributed by atoms with van der Waals surface area (Å²) in [6.45, 7) is 5.57. The average Bonchev–Trinajstić information content (AvgIpc) is 2.41. The molecule has 3 nitrogen and oxygen atoms in total. The molecule has 1 heterocycles. The molecule has 0 saturated carbocycles. The number of aromatic nitrogens is 2. The van der Waals surface area contributed by atoms with Crippen molar-refractivity contribution in [3.8, 4) is 0 Å². The molecule has 20 heavy (non-hydrogen) atoms. The molecule has 2 aromatic rings. The molecule has 0 amide bonds. The predicted octanol–water partition coefficient (Wildman–Crippen LogP) is 3.44. The third kappa shape index (κ3) is 2.96. The number of hydrogen-bond acceptors (Lipinski definition) is 3. The van der Waals surface area contributed by atoms with Crippen molar-refractivity contribution in [3.05, 3.63) is 64.5 Å². The number of aryl methyl sites for hydroxylation is 3. The smallest absolute Gasteiger partial charge is 0.188 e. The van der Waals surface area contributed by atoms with Crippen molar-refractivity contribution < 1.29 is 9.18 Å². The van der Waals surface area contributed by atoms with Crippen molar-refractivity contribution in [2.45, 2.75) is 20.8 Å². The largest absolute Gasteiger partial charge is 0.289 e. The number of carbonyl (C=O) groups excluding carboxylic acids is 1. The van der Waals surface area contributed by atoms with Crippen LogP contribution < -0.4 is 0 Å². The minimum Gasteiger partial charge on any atom is -0.289 e. The van der Waals surface area contributed by atoms with Crippen LogP contribution in [0, 0.1) is 26.6 Å². The minimum atomic E-state index is -0.523. The Bertz CT molecular complexity index is 693. The van der Waals surface area contributed by atoms with Gasteiger partial charge in [0.25, 0.3) is 0 Å². The predicted molar refractivity (Wildman–Crippen MR) is 76.0 cm³/mol. The summed E-state index contributed by atoms with van der Waals surface area (Å²) >= 11 is 0. The Labute approximate surface area is 117 Å². The van der Waals surface area contributed by atoms with E-state index in [-0.39, 0.29) is 11.3 Å². The zero-order chi connectivity index (χ0) is 14.7. The number of nitrogens with zero attached hydrogens (tertiary/aromatic N) is 2. The summed E-state index contributed by atoms with van der Waals surface area (Å²) in [5.41, 5.74) is 3.09. The van der Waals surface area contributed by atoms with Gasteiger partial charge in [-0.3, -0.25) is 9.78 Å². The van der Waals surface area contributed by atoms with Gasteiger partial charge in [-0.05, 0) is 45.1 Å². The van der Waals surface area contributed by atoms with Gasteiger partial charge in [0, 0.05) is 0 Å². The molecule has 0 fully saturated rings. The topological polar surface area (TPSA) is 42.9 Å². The lowest BCUT2D eigenvalue weighted by atomic mass is 10.1. The minimum absolute atomic E-state index is 0.0539. The molecule has 0 saturated heterocycles. The molecule has 4 heteroatoms. The van der Waals surface area contributed by atoms with Gasteiger partial charge in [-0.15, -0.1) is 0 Å². The zero-order valence-electron chi connectivity index (χ0n) is 11.6. The van der Waals surface area contributed by atoms with Gasteiger partial charge in [0.2, 0.25) is 0 Å². The number of rotatable bonds is 3. The normalized spacial score (nSPS) is 11.0. The quantitative estimate of drug-likeness (QED) is 0.634. The van der Waals surface area contributed by atoms with Crippen LogP contribution in [-0.2, 0) is 0 Å². The van der Waals surface area contributed by atoms with Crippen LogP contribution in [0.3, 0.4) is 0 Å². The van der Waals surface area contributed by atoms with E-state index in [2.05, 4.69) is 9.97 Å². The van der Waals surface area contributed by atoms with Crippen LogP contribution in [0.5, 0.6) is 0 Å². The maximum absolute atomic E-state index is 13.5. The molecule has 0 spiro atoms. The van der Waals surface area contributed by atoms with E-state index in [0.717, 1.165) is 17.1 Å². The fourth-order valence-electron chi connectivity index (χ4n) is 1.80. The molecule has 0 aliphatic rings. The van der Waals surface area contributed by atoms with Gasteiger partial charge in [-0.25, -0.2) is 9.37 Å². The van der Waals surface area contributed by atoms with Crippen LogP contribution in [0.1, 0.15) is 33.1 Å². The monoisotopic (exact) mass is 270 g/mol. The Hall–Kier alpha value is -2.36. The summed E-state index contributed by atoms with van der Waals surface area (Å²) in [6, 6.07) is 5.91. The van der Waals surface area contributed by atoms with Crippen molar-refractivity contribution in [1.82, 2.24) is 9.97 Å². The first-order valence-electron chi connectivity index (χ1n) is 6.28. The number of carbonyl (C=O) groups is 1. The van der Waals surface area contributed by atoms with Crippen LogP contribution in [0.2, 0.25) is 0 Å². The van der Waals surface area contributed by atoms with Gasteiger partial charge >= 0.3 is 0 Å². The highest BCUT2D eigenvalue weighted by Gasteiger charge is 2.08. The van der Waals surface area contributed by atoms with Crippen LogP contribution in [0.15, 0.2) is 30.3 Å². The fraction of sp³-hybridized carbons (Fsp3) is 0.188. The Morgan fingerprint density at radius 2 is 1.70 bits per heavy atom. The van der Waals surface area contributed by atoms with Crippen LogP contribution >= 0.6 is 0 Å². The number of benzene rings is 1. The van der Waals surface area contributed by atoms with Crippen molar-refractivity contribution in [2.24, 2.45) is 0 Å². The molecule has 2 rings (SSSR count). The van der Waals surface area contributed by atoms with Crippen molar-refractivity contribution in [2.75, 3.05) is 0 Å². The Morgan fingerprint density at radius 3 is 2.40 bits per heavy atom. The molecule has 0 N–H and O–H groups in total. The van der Waals surface area contributed by atoms with E-state index in [9.17, 15) is 9.18 Å². The molecule has 1 aromatic carbocycles. The molecule has 0 bridgehead atoms. The number of halogens is 1. The maximum atomic E-state index is 13.5. The average molecular weight is 270 g/mol. The molecule has 0 aliphatic carbocycles. The van der Waals surface area contributed by atoms with E-state index < -0.39 is 5.82 Å². The van der Waals surface area contributed by atoms with E-state index in [1.54, 1.807) is 18.2 Å². The highest BCUT2D eigenvalue weighted by molar-refractivity contribution is 6.06. The SMILES string of the molecule is Cc1nc(C)c(/C=C/C(=O)c2ccccc2F)nc1C. The Kier molecular flexibility index (Phi) is 4.03. The van der Waals surface area contributed by atoms with Gasteiger partial charge in [-0.1, -0.05) is 12.1 Å². The molecule has 0 aliphatic heterocycles. The van der Waals surface area contributed by atoms with Gasteiger partial charge in [0.1, 0.15) is 5.82 Å². The van der Waals surface area contributed by atoms with Gasteiger partial charge in [-0.2, -0.15) is 0 Å². The van der Waals surface area contributed by atoms with Crippen LogP contribution in [0.4, 0.5) is 4.39 Å². The van der Waals surface area contributed by atoms with Crippen molar-refractivity contribution in [3.63, 3.8) is 0 Å². The third-order valence-corrected chi connectivity index (χ3v) is 3.05. The first kappa shape index (κ1) is 14.1. The number of hydrogen-bond donors (Lipinski definition) is 0. The second-order valence-corrected chi connectivity index (χ2v) is 4.54. The molecule has 0 atom stereocenters. The lowest BCUT2D eigenvalue weighted by Crippen LogP contribution is -2.01. The Balaban J connectivity index is 2.28. The van der Waals surface area contributed by atoms with Gasteiger partial charge < -0.3 is 0 Å². The van der Waals surface area contributed by atoms with Gasteiger partial charge in [0.05, 0.1) is 28.3 Å². The summed E-state index contributed by atoms with van der Waals surface area (Å²) in [6.07, 6.45) is 2.90. The van der Waals surface area contributed by atoms with Crippen LogP contribution in [0.25, 0.3) is 6.08 Å². The molecule has 0 unspecified atom stereocenters. The lowest BCUT2D eigenvalue weighted by Gasteiger charge is -2.04. The first-order valence-corrected chi connectivity index (χ1v) is 6.28. The summed E-state index contributed by atoms with van der Waals surface area (Å²) in [5.74, 6) is -0.910. The molecule has 1 aromatic heterocycles. The summed E-state index contributed by atoms with van der Waals surface area (Å²) in [7, 11) is 0. The molecular formula is C16H15FN2O. The second kappa shape index (κ2) is 5.74.